The van der Waals surface area contributed by atoms with Crippen molar-refractivity contribution in [3.8, 4) is 0 Å². The van der Waals surface area contributed by atoms with Crippen LogP contribution in [-0.4, -0.2) is 6.10 Å². The van der Waals surface area contributed by atoms with Gasteiger partial charge in [-0.2, -0.15) is 0 Å². The minimum atomic E-state index is 0.227. The first-order valence-electron chi connectivity index (χ1n) is 3.22. The summed E-state index contributed by atoms with van der Waals surface area (Å²) in [7, 11) is 0. The van der Waals surface area contributed by atoms with Crippen molar-refractivity contribution in [2.75, 3.05) is 0 Å². The highest BCUT2D eigenvalue weighted by atomic mass is 16.5. The number of ether oxygens (including phenoxy) is 1. The molecule has 0 amide bonds. The summed E-state index contributed by atoms with van der Waals surface area (Å²) in [6.07, 6.45) is 3.86. The molecule has 1 atom stereocenters. The Balaban J connectivity index is 2.56. The summed E-state index contributed by atoms with van der Waals surface area (Å²) < 4.78 is 5.25. The van der Waals surface area contributed by atoms with Crippen LogP contribution in [0.4, 0.5) is 0 Å². The van der Waals surface area contributed by atoms with Crippen LogP contribution in [0, 0.1) is 5.92 Å². The second-order valence-corrected chi connectivity index (χ2v) is 2.68. The fraction of sp³-hybridized carbons (Fsp3) is 0.500. The van der Waals surface area contributed by atoms with Gasteiger partial charge in [0.15, 0.2) is 0 Å². The monoisotopic (exact) mass is 124 g/mol. The van der Waals surface area contributed by atoms with Gasteiger partial charge in [0, 0.05) is 0 Å². The molecule has 0 saturated heterocycles. The third-order valence-corrected chi connectivity index (χ3v) is 1.48. The molecule has 0 bridgehead atoms. The molecule has 0 aromatic carbocycles. The lowest BCUT2D eigenvalue weighted by atomic mass is 10.0. The van der Waals surface area contributed by atoms with Crippen LogP contribution in [0.25, 0.3) is 0 Å². The molecule has 0 radical (unpaired) electrons. The van der Waals surface area contributed by atoms with Crippen LogP contribution < -0.4 is 0 Å². The van der Waals surface area contributed by atoms with E-state index < -0.39 is 0 Å². The van der Waals surface area contributed by atoms with Gasteiger partial charge in [-0.05, 0) is 17.6 Å². The van der Waals surface area contributed by atoms with E-state index in [1.54, 1.807) is 6.26 Å². The molecule has 1 rings (SSSR count). The van der Waals surface area contributed by atoms with E-state index in [1.165, 1.54) is 0 Å². The van der Waals surface area contributed by atoms with E-state index in [0.29, 0.717) is 5.92 Å². The molecule has 0 aromatic rings. The summed E-state index contributed by atoms with van der Waals surface area (Å²) in [6, 6.07) is 0. The van der Waals surface area contributed by atoms with Crippen LogP contribution in [0.1, 0.15) is 13.8 Å². The van der Waals surface area contributed by atoms with E-state index in [2.05, 4.69) is 20.4 Å². The Bertz CT molecular complexity index is 145. The zero-order chi connectivity index (χ0) is 6.85. The van der Waals surface area contributed by atoms with Gasteiger partial charge >= 0.3 is 0 Å². The first kappa shape index (κ1) is 6.40. The fourth-order valence-corrected chi connectivity index (χ4v) is 0.979. The Morgan fingerprint density at radius 2 is 2.33 bits per heavy atom. The quantitative estimate of drug-likeness (QED) is 0.520. The number of hydrogen-bond donors (Lipinski definition) is 0. The molecule has 1 nitrogen and oxygen atoms in total. The third-order valence-electron chi connectivity index (χ3n) is 1.48. The van der Waals surface area contributed by atoms with E-state index >= 15 is 0 Å². The smallest absolute Gasteiger partial charge is 0.125 e. The molecular weight excluding hydrogens is 112 g/mol. The summed E-state index contributed by atoms with van der Waals surface area (Å²) in [5.41, 5.74) is 1.09. The van der Waals surface area contributed by atoms with Gasteiger partial charge in [-0.25, -0.2) is 0 Å². The molecule has 0 N–H and O–H groups in total. The molecule has 1 aliphatic rings. The Hall–Kier alpha value is -0.720. The standard InChI is InChI=1S/C8H12O/c1-6(2)8-7(3)4-5-9-8/h4-6,8H,3H2,1-2H3. The van der Waals surface area contributed by atoms with Crippen LogP contribution in [0.5, 0.6) is 0 Å². The first-order chi connectivity index (χ1) is 4.22. The number of hydrogen-bond acceptors (Lipinski definition) is 1. The Labute approximate surface area is 56.0 Å². The van der Waals surface area contributed by atoms with Gasteiger partial charge in [0.25, 0.3) is 0 Å². The summed E-state index contributed by atoms with van der Waals surface area (Å²) in [5.74, 6) is 0.535. The molecule has 0 spiro atoms. The first-order valence-corrected chi connectivity index (χ1v) is 3.22. The molecule has 9 heavy (non-hydrogen) atoms. The lowest BCUT2D eigenvalue weighted by molar-refractivity contribution is 0.152. The average Bonchev–Trinajstić information content (AvgIpc) is 2.13. The molecule has 1 heteroatoms. The second-order valence-electron chi connectivity index (χ2n) is 2.68. The lowest BCUT2D eigenvalue weighted by Crippen LogP contribution is -2.14. The molecule has 50 valence electrons. The van der Waals surface area contributed by atoms with Crippen molar-refractivity contribution >= 4 is 0 Å². The Morgan fingerprint density at radius 3 is 2.56 bits per heavy atom. The maximum atomic E-state index is 5.25. The van der Waals surface area contributed by atoms with Crippen molar-refractivity contribution in [3.63, 3.8) is 0 Å². The van der Waals surface area contributed by atoms with Gasteiger partial charge in [-0.1, -0.05) is 20.4 Å². The predicted octanol–water partition coefficient (Wildman–Crippen LogP) is 2.11. The Morgan fingerprint density at radius 1 is 1.67 bits per heavy atom. The zero-order valence-corrected chi connectivity index (χ0v) is 5.92. The van der Waals surface area contributed by atoms with Crippen molar-refractivity contribution in [3.05, 3.63) is 24.5 Å². The van der Waals surface area contributed by atoms with Crippen LogP contribution in [0.15, 0.2) is 24.5 Å². The summed E-state index contributed by atoms with van der Waals surface area (Å²) >= 11 is 0. The summed E-state index contributed by atoms with van der Waals surface area (Å²) in [6.45, 7) is 8.10. The van der Waals surface area contributed by atoms with Crippen LogP contribution >= 0.6 is 0 Å². The van der Waals surface area contributed by atoms with Crippen molar-refractivity contribution in [2.24, 2.45) is 5.92 Å². The SMILES string of the molecule is C=C1C=COC1C(C)C. The van der Waals surface area contributed by atoms with Gasteiger partial charge < -0.3 is 4.74 Å². The molecule has 1 unspecified atom stereocenters. The van der Waals surface area contributed by atoms with Gasteiger partial charge in [0.1, 0.15) is 6.10 Å². The van der Waals surface area contributed by atoms with E-state index in [-0.39, 0.29) is 6.10 Å². The molecule has 1 aliphatic heterocycles. The van der Waals surface area contributed by atoms with Crippen LogP contribution in [0.3, 0.4) is 0 Å². The van der Waals surface area contributed by atoms with E-state index in [0.717, 1.165) is 5.57 Å². The van der Waals surface area contributed by atoms with Crippen molar-refractivity contribution in [1.29, 1.82) is 0 Å². The molecular formula is C8H12O. The minimum absolute atomic E-state index is 0.227. The van der Waals surface area contributed by atoms with Gasteiger partial charge in [-0.3, -0.25) is 0 Å². The van der Waals surface area contributed by atoms with E-state index in [9.17, 15) is 0 Å². The highest BCUT2D eigenvalue weighted by molar-refractivity contribution is 5.23. The molecule has 0 saturated carbocycles. The summed E-state index contributed by atoms with van der Waals surface area (Å²) in [4.78, 5) is 0. The van der Waals surface area contributed by atoms with E-state index in [1.807, 2.05) is 6.08 Å². The Kier molecular flexibility index (Phi) is 1.60. The minimum Gasteiger partial charge on any atom is -0.493 e. The average molecular weight is 124 g/mol. The largest absolute Gasteiger partial charge is 0.493 e. The normalized spacial score (nSPS) is 25.2. The molecule has 0 aromatic heterocycles. The van der Waals surface area contributed by atoms with Crippen LogP contribution in [0.2, 0.25) is 0 Å². The lowest BCUT2D eigenvalue weighted by Gasteiger charge is -2.14. The van der Waals surface area contributed by atoms with Crippen molar-refractivity contribution < 1.29 is 4.74 Å². The molecule has 0 fully saturated rings. The van der Waals surface area contributed by atoms with Crippen molar-refractivity contribution in [1.82, 2.24) is 0 Å². The van der Waals surface area contributed by atoms with Gasteiger partial charge in [0.05, 0.1) is 6.26 Å². The number of rotatable bonds is 1. The molecule has 0 aliphatic carbocycles. The zero-order valence-electron chi connectivity index (χ0n) is 5.92. The fourth-order valence-electron chi connectivity index (χ4n) is 0.979. The highest BCUT2D eigenvalue weighted by Gasteiger charge is 2.18. The highest BCUT2D eigenvalue weighted by Crippen LogP contribution is 2.21. The summed E-state index contributed by atoms with van der Waals surface area (Å²) in [5, 5.41) is 0. The van der Waals surface area contributed by atoms with E-state index in [4.69, 9.17) is 4.74 Å². The topological polar surface area (TPSA) is 9.23 Å². The maximum absolute atomic E-state index is 5.25. The maximum Gasteiger partial charge on any atom is 0.125 e. The second kappa shape index (κ2) is 2.26. The molecule has 1 heterocycles. The van der Waals surface area contributed by atoms with Gasteiger partial charge in [0.2, 0.25) is 0 Å². The van der Waals surface area contributed by atoms with Crippen molar-refractivity contribution in [2.45, 2.75) is 20.0 Å². The third kappa shape index (κ3) is 1.15. The van der Waals surface area contributed by atoms with Crippen LogP contribution in [-0.2, 0) is 4.74 Å². The van der Waals surface area contributed by atoms with Gasteiger partial charge in [-0.15, -0.1) is 0 Å². The predicted molar refractivity (Wildman–Crippen MR) is 38.0 cm³/mol.